The zero-order chi connectivity index (χ0) is 15.2. The van der Waals surface area contributed by atoms with Crippen LogP contribution in [-0.4, -0.2) is 21.5 Å². The lowest BCUT2D eigenvalue weighted by Gasteiger charge is -2.02. The Balaban J connectivity index is 1.52. The first-order valence-electron chi connectivity index (χ1n) is 7.30. The molecule has 22 heavy (non-hydrogen) atoms. The molecule has 0 amide bonds. The van der Waals surface area contributed by atoms with Gasteiger partial charge in [-0.1, -0.05) is 12.1 Å². The monoisotopic (exact) mass is 310 g/mol. The molecule has 0 fully saturated rings. The Bertz CT molecular complexity index is 724. The van der Waals surface area contributed by atoms with Crippen molar-refractivity contribution in [2.45, 2.75) is 19.9 Å². The first-order chi connectivity index (χ1) is 10.8. The smallest absolute Gasteiger partial charge is 0.107 e. The van der Waals surface area contributed by atoms with Gasteiger partial charge in [0.25, 0.3) is 0 Å². The molecule has 0 radical (unpaired) electrons. The Morgan fingerprint density at radius 2 is 2.05 bits per heavy atom. The molecule has 3 aromatic rings. The van der Waals surface area contributed by atoms with Crippen LogP contribution in [0.4, 0.5) is 0 Å². The number of aryl methyl sites for hydroxylation is 1. The molecule has 3 aromatic heterocycles. The Hall–Kier alpha value is -2.11. The summed E-state index contributed by atoms with van der Waals surface area (Å²) in [6.07, 6.45) is 4.66. The van der Waals surface area contributed by atoms with E-state index in [9.17, 15) is 0 Å². The van der Waals surface area contributed by atoms with Gasteiger partial charge in [0.05, 0.1) is 10.6 Å². The molecule has 0 atom stereocenters. The third kappa shape index (κ3) is 3.96. The molecule has 112 valence electrons. The largest absolute Gasteiger partial charge is 0.310 e. The van der Waals surface area contributed by atoms with E-state index in [1.807, 2.05) is 55.7 Å². The SMILES string of the molecule is Cc1cccc(-c2cnc(CNCCc3ccccn3)s2)n1. The van der Waals surface area contributed by atoms with E-state index in [0.717, 1.165) is 46.5 Å². The molecule has 0 saturated carbocycles. The van der Waals surface area contributed by atoms with Gasteiger partial charge >= 0.3 is 0 Å². The third-order valence-corrected chi connectivity index (χ3v) is 4.27. The molecule has 0 spiro atoms. The molecule has 0 bridgehead atoms. The summed E-state index contributed by atoms with van der Waals surface area (Å²) in [7, 11) is 0. The van der Waals surface area contributed by atoms with E-state index in [2.05, 4.69) is 20.3 Å². The van der Waals surface area contributed by atoms with Crippen LogP contribution in [0.2, 0.25) is 0 Å². The fourth-order valence-electron chi connectivity index (χ4n) is 2.15. The van der Waals surface area contributed by atoms with Crippen molar-refractivity contribution in [3.63, 3.8) is 0 Å². The molecule has 0 aromatic carbocycles. The maximum absolute atomic E-state index is 4.53. The summed E-state index contributed by atoms with van der Waals surface area (Å²) in [6.45, 7) is 3.68. The van der Waals surface area contributed by atoms with Gasteiger partial charge in [0, 0.05) is 43.3 Å². The number of rotatable bonds is 6. The summed E-state index contributed by atoms with van der Waals surface area (Å²) in [5.41, 5.74) is 3.14. The van der Waals surface area contributed by atoms with Gasteiger partial charge in [-0.3, -0.25) is 9.97 Å². The Morgan fingerprint density at radius 1 is 1.09 bits per heavy atom. The maximum atomic E-state index is 4.53. The van der Waals surface area contributed by atoms with E-state index in [0.29, 0.717) is 0 Å². The van der Waals surface area contributed by atoms with Crippen LogP contribution in [0, 0.1) is 6.92 Å². The molecular weight excluding hydrogens is 292 g/mol. The van der Waals surface area contributed by atoms with Crippen molar-refractivity contribution in [2.24, 2.45) is 0 Å². The average molecular weight is 310 g/mol. The quantitative estimate of drug-likeness (QED) is 0.710. The van der Waals surface area contributed by atoms with Crippen LogP contribution >= 0.6 is 11.3 Å². The van der Waals surface area contributed by atoms with Crippen molar-refractivity contribution in [2.75, 3.05) is 6.54 Å². The topological polar surface area (TPSA) is 50.7 Å². The highest BCUT2D eigenvalue weighted by Gasteiger charge is 2.05. The van der Waals surface area contributed by atoms with Crippen LogP contribution in [0.5, 0.6) is 0 Å². The van der Waals surface area contributed by atoms with Gasteiger partial charge in [-0.2, -0.15) is 0 Å². The summed E-state index contributed by atoms with van der Waals surface area (Å²) < 4.78 is 0. The van der Waals surface area contributed by atoms with E-state index in [1.54, 1.807) is 11.3 Å². The highest BCUT2D eigenvalue weighted by Crippen LogP contribution is 2.24. The van der Waals surface area contributed by atoms with Crippen LogP contribution in [-0.2, 0) is 13.0 Å². The van der Waals surface area contributed by atoms with Crippen molar-refractivity contribution in [3.05, 3.63) is 65.2 Å². The van der Waals surface area contributed by atoms with E-state index in [4.69, 9.17) is 0 Å². The molecule has 0 aliphatic heterocycles. The van der Waals surface area contributed by atoms with Crippen LogP contribution in [0.25, 0.3) is 10.6 Å². The van der Waals surface area contributed by atoms with Crippen LogP contribution < -0.4 is 5.32 Å². The number of hydrogen-bond donors (Lipinski definition) is 1. The van der Waals surface area contributed by atoms with Crippen molar-refractivity contribution < 1.29 is 0 Å². The van der Waals surface area contributed by atoms with Crippen LogP contribution in [0.3, 0.4) is 0 Å². The van der Waals surface area contributed by atoms with Crippen molar-refractivity contribution in [3.8, 4) is 10.6 Å². The van der Waals surface area contributed by atoms with Gasteiger partial charge in [0.15, 0.2) is 0 Å². The zero-order valence-corrected chi connectivity index (χ0v) is 13.3. The predicted molar refractivity (Wildman–Crippen MR) is 89.7 cm³/mol. The minimum absolute atomic E-state index is 0.781. The van der Waals surface area contributed by atoms with Gasteiger partial charge < -0.3 is 5.32 Å². The summed E-state index contributed by atoms with van der Waals surface area (Å²) in [5, 5.41) is 4.50. The summed E-state index contributed by atoms with van der Waals surface area (Å²) in [4.78, 5) is 14.4. The van der Waals surface area contributed by atoms with Gasteiger partial charge in [-0.05, 0) is 31.2 Å². The Kier molecular flexibility index (Phi) is 4.88. The van der Waals surface area contributed by atoms with Crippen LogP contribution in [0.1, 0.15) is 16.4 Å². The lowest BCUT2D eigenvalue weighted by atomic mass is 10.3. The van der Waals surface area contributed by atoms with Crippen LogP contribution in [0.15, 0.2) is 48.8 Å². The third-order valence-electron chi connectivity index (χ3n) is 3.25. The zero-order valence-electron chi connectivity index (χ0n) is 12.5. The number of pyridine rings is 2. The van der Waals surface area contributed by atoms with E-state index in [-0.39, 0.29) is 0 Å². The fourth-order valence-corrected chi connectivity index (χ4v) is 3.01. The normalized spacial score (nSPS) is 10.8. The number of thiazole rings is 1. The minimum Gasteiger partial charge on any atom is -0.310 e. The van der Waals surface area contributed by atoms with Crippen molar-refractivity contribution in [1.29, 1.82) is 0 Å². The molecular formula is C17H18N4S. The molecule has 0 saturated heterocycles. The first kappa shape index (κ1) is 14.8. The van der Waals surface area contributed by atoms with Gasteiger partial charge in [-0.25, -0.2) is 4.98 Å². The van der Waals surface area contributed by atoms with Gasteiger partial charge in [-0.15, -0.1) is 11.3 Å². The second kappa shape index (κ2) is 7.24. The molecule has 5 heteroatoms. The van der Waals surface area contributed by atoms with Gasteiger partial charge in [0.2, 0.25) is 0 Å². The fraction of sp³-hybridized carbons (Fsp3) is 0.235. The predicted octanol–water partition coefficient (Wildman–Crippen LogP) is 3.24. The second-order valence-corrected chi connectivity index (χ2v) is 6.15. The number of nitrogens with one attached hydrogen (secondary N) is 1. The van der Waals surface area contributed by atoms with E-state index >= 15 is 0 Å². The van der Waals surface area contributed by atoms with Gasteiger partial charge in [0.1, 0.15) is 5.01 Å². The van der Waals surface area contributed by atoms with Crippen molar-refractivity contribution in [1.82, 2.24) is 20.3 Å². The Morgan fingerprint density at radius 3 is 2.86 bits per heavy atom. The van der Waals surface area contributed by atoms with Crippen molar-refractivity contribution >= 4 is 11.3 Å². The lowest BCUT2D eigenvalue weighted by Crippen LogP contribution is -2.16. The maximum Gasteiger partial charge on any atom is 0.107 e. The molecule has 3 heterocycles. The van der Waals surface area contributed by atoms with E-state index in [1.165, 1.54) is 0 Å². The van der Waals surface area contributed by atoms with E-state index < -0.39 is 0 Å². The number of nitrogens with zero attached hydrogens (tertiary/aromatic N) is 3. The Labute approximate surface area is 134 Å². The second-order valence-electron chi connectivity index (χ2n) is 5.03. The first-order valence-corrected chi connectivity index (χ1v) is 8.12. The molecule has 1 N–H and O–H groups in total. The molecule has 0 aliphatic carbocycles. The molecule has 3 rings (SSSR count). The summed E-state index contributed by atoms with van der Waals surface area (Å²) in [6, 6.07) is 12.1. The highest BCUT2D eigenvalue weighted by atomic mass is 32.1. The molecule has 4 nitrogen and oxygen atoms in total. The molecule has 0 aliphatic rings. The lowest BCUT2D eigenvalue weighted by molar-refractivity contribution is 0.677. The minimum atomic E-state index is 0.781. The number of aromatic nitrogens is 3. The summed E-state index contributed by atoms with van der Waals surface area (Å²) in [5.74, 6) is 0. The standard InChI is InChI=1S/C17H18N4S/c1-13-5-4-7-15(21-13)16-11-20-17(22-16)12-18-10-8-14-6-2-3-9-19-14/h2-7,9,11,18H,8,10,12H2,1H3. The highest BCUT2D eigenvalue weighted by molar-refractivity contribution is 7.15. The molecule has 0 unspecified atom stereocenters. The summed E-state index contributed by atoms with van der Waals surface area (Å²) >= 11 is 1.69. The number of hydrogen-bond acceptors (Lipinski definition) is 5. The average Bonchev–Trinajstić information content (AvgIpc) is 3.02.